The molecule has 0 aromatic rings. The number of nitrogens with two attached hydrogens (primary N) is 2. The minimum atomic E-state index is 0.262. The van der Waals surface area contributed by atoms with E-state index in [0.717, 1.165) is 0 Å². The van der Waals surface area contributed by atoms with Gasteiger partial charge in [-0.15, -0.1) is 25.3 Å². The van der Waals surface area contributed by atoms with Crippen LogP contribution in [-0.4, -0.2) is 0 Å². The molecule has 0 rings (SSSR count). The summed E-state index contributed by atoms with van der Waals surface area (Å²) in [5, 5.41) is 0.525. The maximum atomic E-state index is 4.98. The van der Waals surface area contributed by atoms with Gasteiger partial charge < -0.3 is 11.5 Å². The van der Waals surface area contributed by atoms with Crippen molar-refractivity contribution in [2.75, 3.05) is 0 Å². The van der Waals surface area contributed by atoms with Crippen LogP contribution >= 0.6 is 25.3 Å². The SMILES string of the molecule is N/C(S)=C(/N)S. The van der Waals surface area contributed by atoms with Gasteiger partial charge in [-0.05, 0) is 0 Å². The molecule has 0 spiro atoms. The lowest BCUT2D eigenvalue weighted by Gasteiger charge is -1.87. The fraction of sp³-hybridized carbons (Fsp3) is 0. The van der Waals surface area contributed by atoms with E-state index in [1.807, 2.05) is 0 Å². The molecule has 0 saturated carbocycles. The highest BCUT2D eigenvalue weighted by Gasteiger charge is 1.79. The third kappa shape index (κ3) is 2.29. The van der Waals surface area contributed by atoms with Crippen LogP contribution in [0.25, 0.3) is 0 Å². The maximum absolute atomic E-state index is 4.98. The minimum absolute atomic E-state index is 0.262. The second-order valence-corrected chi connectivity index (χ2v) is 1.73. The standard InChI is InChI=1S/C2H6N2S2/c3-1(5)2(4)6/h5-6H,3-4H2/b2-1+. The summed E-state index contributed by atoms with van der Waals surface area (Å²) in [7, 11) is 0. The fourth-order valence-electron chi connectivity index (χ4n) is 0. The van der Waals surface area contributed by atoms with Crippen molar-refractivity contribution in [2.24, 2.45) is 11.5 Å². The molecule has 6 heavy (non-hydrogen) atoms. The predicted molar refractivity (Wildman–Crippen MR) is 33.4 cm³/mol. The van der Waals surface area contributed by atoms with Crippen LogP contribution in [0, 0.1) is 0 Å². The van der Waals surface area contributed by atoms with Crippen molar-refractivity contribution in [3.63, 3.8) is 0 Å². The largest absolute Gasteiger partial charge is 0.392 e. The van der Waals surface area contributed by atoms with Crippen LogP contribution in [0.2, 0.25) is 0 Å². The molecule has 0 aromatic carbocycles. The molecule has 0 saturated heterocycles. The highest BCUT2D eigenvalue weighted by atomic mass is 32.1. The van der Waals surface area contributed by atoms with Crippen LogP contribution < -0.4 is 11.5 Å². The van der Waals surface area contributed by atoms with E-state index in [4.69, 9.17) is 11.5 Å². The Morgan fingerprint density at radius 1 is 1.00 bits per heavy atom. The Bertz CT molecular complexity index is 59.6. The summed E-state index contributed by atoms with van der Waals surface area (Å²) in [5.74, 6) is 0. The van der Waals surface area contributed by atoms with E-state index in [9.17, 15) is 0 Å². The van der Waals surface area contributed by atoms with E-state index < -0.39 is 0 Å². The van der Waals surface area contributed by atoms with E-state index in [-0.39, 0.29) is 10.1 Å². The van der Waals surface area contributed by atoms with Gasteiger partial charge >= 0.3 is 0 Å². The second-order valence-electron chi connectivity index (χ2n) is 0.770. The topological polar surface area (TPSA) is 52.0 Å². The van der Waals surface area contributed by atoms with E-state index >= 15 is 0 Å². The zero-order valence-corrected chi connectivity index (χ0v) is 4.84. The van der Waals surface area contributed by atoms with E-state index in [2.05, 4.69) is 25.3 Å². The van der Waals surface area contributed by atoms with E-state index in [1.165, 1.54) is 0 Å². The van der Waals surface area contributed by atoms with Gasteiger partial charge in [0, 0.05) is 0 Å². The van der Waals surface area contributed by atoms with Crippen LogP contribution in [0.4, 0.5) is 0 Å². The predicted octanol–water partition coefficient (Wildman–Crippen LogP) is -0.110. The van der Waals surface area contributed by atoms with Gasteiger partial charge in [-0.25, -0.2) is 0 Å². The van der Waals surface area contributed by atoms with Gasteiger partial charge in [0.1, 0.15) is 0 Å². The lowest BCUT2D eigenvalue weighted by molar-refractivity contribution is 1.44. The Morgan fingerprint density at radius 3 is 1.17 bits per heavy atom. The van der Waals surface area contributed by atoms with Crippen molar-refractivity contribution in [2.45, 2.75) is 0 Å². The third-order valence-corrected chi connectivity index (χ3v) is 0.921. The molecule has 0 aliphatic carbocycles. The molecule has 36 valence electrons. The molecule has 0 amide bonds. The normalized spacial score (nSPS) is 13.7. The van der Waals surface area contributed by atoms with Crippen molar-refractivity contribution in [1.29, 1.82) is 0 Å². The number of hydrogen-bond acceptors (Lipinski definition) is 4. The van der Waals surface area contributed by atoms with Gasteiger partial charge in [-0.2, -0.15) is 0 Å². The molecule has 0 bridgehead atoms. The van der Waals surface area contributed by atoms with Gasteiger partial charge in [0.05, 0.1) is 10.1 Å². The van der Waals surface area contributed by atoms with Crippen LogP contribution in [0.15, 0.2) is 10.1 Å². The van der Waals surface area contributed by atoms with Gasteiger partial charge in [-0.1, -0.05) is 0 Å². The number of rotatable bonds is 0. The van der Waals surface area contributed by atoms with E-state index in [1.54, 1.807) is 0 Å². The molecular weight excluding hydrogens is 116 g/mol. The Morgan fingerprint density at radius 2 is 1.17 bits per heavy atom. The first-order valence-electron chi connectivity index (χ1n) is 1.27. The van der Waals surface area contributed by atoms with Gasteiger partial charge in [0.2, 0.25) is 0 Å². The maximum Gasteiger partial charge on any atom is 0.0923 e. The van der Waals surface area contributed by atoms with Crippen LogP contribution in [0.3, 0.4) is 0 Å². The summed E-state index contributed by atoms with van der Waals surface area (Å²) < 4.78 is 0. The summed E-state index contributed by atoms with van der Waals surface area (Å²) in [4.78, 5) is 0. The molecule has 0 atom stereocenters. The fourth-order valence-corrected chi connectivity index (χ4v) is 0. The molecule has 0 radical (unpaired) electrons. The molecular formula is C2H6N2S2. The van der Waals surface area contributed by atoms with Crippen LogP contribution in [0.5, 0.6) is 0 Å². The molecule has 2 nitrogen and oxygen atoms in total. The zero-order chi connectivity index (χ0) is 5.15. The Hall–Kier alpha value is 0.0400. The molecule has 0 unspecified atom stereocenters. The molecule has 0 aliphatic rings. The molecule has 0 aromatic heterocycles. The average Bonchev–Trinajstić information content (AvgIpc) is 1.36. The van der Waals surface area contributed by atoms with Crippen LogP contribution in [-0.2, 0) is 0 Å². The van der Waals surface area contributed by atoms with E-state index in [0.29, 0.717) is 0 Å². The lowest BCUT2D eigenvalue weighted by Crippen LogP contribution is -1.98. The van der Waals surface area contributed by atoms with Gasteiger partial charge in [0.15, 0.2) is 0 Å². The molecule has 4 heteroatoms. The molecule has 0 fully saturated rings. The smallest absolute Gasteiger partial charge is 0.0923 e. The van der Waals surface area contributed by atoms with Crippen molar-refractivity contribution in [1.82, 2.24) is 0 Å². The third-order valence-electron chi connectivity index (χ3n) is 0.262. The average molecular weight is 122 g/mol. The van der Waals surface area contributed by atoms with Gasteiger partial charge in [0.25, 0.3) is 0 Å². The summed E-state index contributed by atoms with van der Waals surface area (Å²) in [6, 6.07) is 0. The Kier molecular flexibility index (Phi) is 2.27. The number of hydrogen-bond donors (Lipinski definition) is 4. The monoisotopic (exact) mass is 122 g/mol. The quantitative estimate of drug-likeness (QED) is 0.339. The van der Waals surface area contributed by atoms with Crippen molar-refractivity contribution >= 4 is 25.3 Å². The lowest BCUT2D eigenvalue weighted by atomic mass is 10.9. The first-order valence-corrected chi connectivity index (χ1v) is 2.17. The number of thiol groups is 2. The first kappa shape index (κ1) is 6.04. The summed E-state index contributed by atoms with van der Waals surface area (Å²) in [5.41, 5.74) is 9.96. The van der Waals surface area contributed by atoms with Gasteiger partial charge in [-0.3, -0.25) is 0 Å². The molecule has 4 N–H and O–H groups in total. The highest BCUT2D eigenvalue weighted by Crippen LogP contribution is 1.96. The minimum Gasteiger partial charge on any atom is -0.392 e. The van der Waals surface area contributed by atoms with Crippen molar-refractivity contribution in [3.8, 4) is 0 Å². The van der Waals surface area contributed by atoms with Crippen molar-refractivity contribution in [3.05, 3.63) is 10.1 Å². The Labute approximate surface area is 47.4 Å². The molecule has 0 aliphatic heterocycles. The Balaban J connectivity index is 3.68. The summed E-state index contributed by atoms with van der Waals surface area (Å²) in [6.45, 7) is 0. The highest BCUT2D eigenvalue weighted by molar-refractivity contribution is 7.88. The first-order chi connectivity index (χ1) is 2.64. The van der Waals surface area contributed by atoms with Crippen LogP contribution in [0.1, 0.15) is 0 Å². The summed E-state index contributed by atoms with van der Waals surface area (Å²) >= 11 is 7.30. The van der Waals surface area contributed by atoms with Crippen molar-refractivity contribution < 1.29 is 0 Å². The molecule has 0 heterocycles. The zero-order valence-electron chi connectivity index (χ0n) is 3.05. The summed E-state index contributed by atoms with van der Waals surface area (Å²) in [6.07, 6.45) is 0. The second kappa shape index (κ2) is 2.25.